The first kappa shape index (κ1) is 13.5. The van der Waals surface area contributed by atoms with E-state index >= 15 is 0 Å². The van der Waals surface area contributed by atoms with E-state index in [1.165, 1.54) is 5.01 Å². The fraction of sp³-hybridized carbons (Fsp3) is 0.312. The Morgan fingerprint density at radius 2 is 2.05 bits per heavy atom. The van der Waals surface area contributed by atoms with Crippen molar-refractivity contribution in [1.82, 2.24) is 9.97 Å². The number of aryl methyl sites for hydroxylation is 1. The van der Waals surface area contributed by atoms with E-state index in [0.29, 0.717) is 6.42 Å². The third-order valence-electron chi connectivity index (χ3n) is 3.73. The van der Waals surface area contributed by atoms with Crippen molar-refractivity contribution in [2.75, 3.05) is 5.01 Å². The molecule has 21 heavy (non-hydrogen) atoms. The molecule has 1 aliphatic rings. The van der Waals surface area contributed by atoms with Crippen LogP contribution in [-0.4, -0.2) is 21.6 Å². The average molecular weight is 282 g/mol. The molecule has 0 saturated heterocycles. The number of hydrogen-bond acceptors (Lipinski definition) is 3. The van der Waals surface area contributed by atoms with Crippen molar-refractivity contribution >= 4 is 17.3 Å². The van der Waals surface area contributed by atoms with Crippen LogP contribution in [-0.2, 0) is 11.2 Å². The van der Waals surface area contributed by atoms with Crippen molar-refractivity contribution in [1.29, 1.82) is 0 Å². The second kappa shape index (κ2) is 5.52. The first-order valence-corrected chi connectivity index (χ1v) is 7.15. The SMILES string of the molecule is CCC1C(=O)N(c2ccc(C)cc2)N=C1Cc1ncc[nH]1. The Morgan fingerprint density at radius 3 is 2.67 bits per heavy atom. The van der Waals surface area contributed by atoms with Gasteiger partial charge in [-0.25, -0.2) is 9.99 Å². The number of H-pyrrole nitrogens is 1. The molecule has 3 rings (SSSR count). The second-order valence-electron chi connectivity index (χ2n) is 5.25. The van der Waals surface area contributed by atoms with E-state index in [9.17, 15) is 4.79 Å². The van der Waals surface area contributed by atoms with Crippen LogP contribution in [0.2, 0.25) is 0 Å². The highest BCUT2D eigenvalue weighted by Gasteiger charge is 2.35. The normalized spacial score (nSPS) is 18.2. The van der Waals surface area contributed by atoms with E-state index in [0.717, 1.165) is 29.2 Å². The number of rotatable bonds is 4. The van der Waals surface area contributed by atoms with Crippen LogP contribution in [0.5, 0.6) is 0 Å². The molecule has 108 valence electrons. The van der Waals surface area contributed by atoms with Gasteiger partial charge in [-0.3, -0.25) is 4.79 Å². The number of carbonyl (C=O) groups excluding carboxylic acids is 1. The minimum atomic E-state index is -0.156. The maximum absolute atomic E-state index is 12.5. The number of hydrazone groups is 1. The largest absolute Gasteiger partial charge is 0.348 e. The number of nitrogens with one attached hydrogen (secondary N) is 1. The van der Waals surface area contributed by atoms with Gasteiger partial charge in [0.25, 0.3) is 5.91 Å². The van der Waals surface area contributed by atoms with Crippen LogP contribution >= 0.6 is 0 Å². The predicted octanol–water partition coefficient (Wildman–Crippen LogP) is 2.69. The Hall–Kier alpha value is -2.43. The highest BCUT2D eigenvalue weighted by atomic mass is 16.2. The number of aromatic amines is 1. The van der Waals surface area contributed by atoms with Gasteiger partial charge >= 0.3 is 0 Å². The summed E-state index contributed by atoms with van der Waals surface area (Å²) in [5.41, 5.74) is 2.86. The Balaban J connectivity index is 1.89. The number of nitrogens with zero attached hydrogens (tertiary/aromatic N) is 3. The third-order valence-corrected chi connectivity index (χ3v) is 3.73. The van der Waals surface area contributed by atoms with Crippen molar-refractivity contribution in [3.63, 3.8) is 0 Å². The van der Waals surface area contributed by atoms with Crippen LogP contribution in [0, 0.1) is 12.8 Å². The fourth-order valence-electron chi connectivity index (χ4n) is 2.54. The van der Waals surface area contributed by atoms with Gasteiger partial charge in [-0.2, -0.15) is 5.10 Å². The number of hydrogen-bond donors (Lipinski definition) is 1. The molecule has 1 aromatic carbocycles. The zero-order valence-corrected chi connectivity index (χ0v) is 12.2. The molecule has 0 aliphatic carbocycles. The van der Waals surface area contributed by atoms with Gasteiger partial charge in [0.1, 0.15) is 5.82 Å². The first-order valence-electron chi connectivity index (χ1n) is 7.15. The van der Waals surface area contributed by atoms with Crippen LogP contribution in [0.15, 0.2) is 41.8 Å². The lowest BCUT2D eigenvalue weighted by molar-refractivity contribution is -0.119. The van der Waals surface area contributed by atoms with E-state index < -0.39 is 0 Å². The monoisotopic (exact) mass is 282 g/mol. The zero-order chi connectivity index (χ0) is 14.8. The summed E-state index contributed by atoms with van der Waals surface area (Å²) in [7, 11) is 0. The highest BCUT2D eigenvalue weighted by molar-refractivity contribution is 6.15. The number of benzene rings is 1. The summed E-state index contributed by atoms with van der Waals surface area (Å²) in [6, 6.07) is 7.84. The van der Waals surface area contributed by atoms with E-state index in [1.807, 2.05) is 38.1 Å². The number of imidazole rings is 1. The molecule has 2 aromatic rings. The van der Waals surface area contributed by atoms with Crippen molar-refractivity contribution in [2.24, 2.45) is 11.0 Å². The highest BCUT2D eigenvalue weighted by Crippen LogP contribution is 2.26. The molecule has 0 spiro atoms. The van der Waals surface area contributed by atoms with Crippen LogP contribution in [0.1, 0.15) is 24.7 Å². The summed E-state index contributed by atoms with van der Waals surface area (Å²) in [5, 5.41) is 6.06. The Morgan fingerprint density at radius 1 is 1.29 bits per heavy atom. The van der Waals surface area contributed by atoms with Crippen molar-refractivity contribution in [3.05, 3.63) is 48.0 Å². The van der Waals surface area contributed by atoms with Crippen LogP contribution in [0.25, 0.3) is 0 Å². The van der Waals surface area contributed by atoms with Gasteiger partial charge in [-0.1, -0.05) is 24.6 Å². The zero-order valence-electron chi connectivity index (χ0n) is 12.2. The van der Waals surface area contributed by atoms with Gasteiger partial charge in [0.15, 0.2) is 0 Å². The maximum Gasteiger partial charge on any atom is 0.256 e. The van der Waals surface area contributed by atoms with Crippen LogP contribution in [0.4, 0.5) is 5.69 Å². The molecule has 1 aliphatic heterocycles. The molecule has 0 saturated carbocycles. The quantitative estimate of drug-likeness (QED) is 0.937. The van der Waals surface area contributed by atoms with Gasteiger partial charge in [0, 0.05) is 18.8 Å². The fourth-order valence-corrected chi connectivity index (χ4v) is 2.54. The molecule has 2 heterocycles. The van der Waals surface area contributed by atoms with Crippen LogP contribution < -0.4 is 5.01 Å². The number of aromatic nitrogens is 2. The van der Waals surface area contributed by atoms with E-state index in [2.05, 4.69) is 15.1 Å². The standard InChI is InChI=1S/C16H18N4O/c1-3-13-14(10-15-17-8-9-18-15)19-20(16(13)21)12-6-4-11(2)5-7-12/h4-9,13H,3,10H2,1-2H3,(H,17,18). The topological polar surface area (TPSA) is 61.4 Å². The summed E-state index contributed by atoms with van der Waals surface area (Å²) in [5.74, 6) is 0.727. The molecular formula is C16H18N4O. The van der Waals surface area contributed by atoms with Crippen molar-refractivity contribution < 1.29 is 4.79 Å². The van der Waals surface area contributed by atoms with Gasteiger partial charge in [0.2, 0.25) is 0 Å². The minimum absolute atomic E-state index is 0.0444. The molecule has 1 unspecified atom stereocenters. The third kappa shape index (κ3) is 2.59. The van der Waals surface area contributed by atoms with E-state index in [1.54, 1.807) is 12.4 Å². The molecule has 1 aromatic heterocycles. The lowest BCUT2D eigenvalue weighted by Crippen LogP contribution is -2.27. The first-order chi connectivity index (χ1) is 10.2. The van der Waals surface area contributed by atoms with Gasteiger partial charge < -0.3 is 4.98 Å². The van der Waals surface area contributed by atoms with Gasteiger partial charge in [-0.05, 0) is 25.5 Å². The molecule has 5 nitrogen and oxygen atoms in total. The maximum atomic E-state index is 12.5. The molecule has 1 N–H and O–H groups in total. The summed E-state index contributed by atoms with van der Waals surface area (Å²) in [6.07, 6.45) is 4.83. The molecule has 1 amide bonds. The summed E-state index contributed by atoms with van der Waals surface area (Å²) in [6.45, 7) is 4.04. The molecule has 0 bridgehead atoms. The summed E-state index contributed by atoms with van der Waals surface area (Å²) < 4.78 is 0. The lowest BCUT2D eigenvalue weighted by atomic mass is 9.98. The Kier molecular flexibility index (Phi) is 3.56. The lowest BCUT2D eigenvalue weighted by Gasteiger charge is -2.13. The predicted molar refractivity (Wildman–Crippen MR) is 82.2 cm³/mol. The number of anilines is 1. The molecule has 1 atom stereocenters. The Labute approximate surface area is 123 Å². The molecule has 0 radical (unpaired) electrons. The smallest absolute Gasteiger partial charge is 0.256 e. The van der Waals surface area contributed by atoms with Crippen LogP contribution in [0.3, 0.4) is 0 Å². The average Bonchev–Trinajstić information content (AvgIpc) is 3.09. The second-order valence-corrected chi connectivity index (χ2v) is 5.25. The number of carbonyl (C=O) groups is 1. The van der Waals surface area contributed by atoms with Gasteiger partial charge in [-0.15, -0.1) is 0 Å². The number of amides is 1. The van der Waals surface area contributed by atoms with Crippen molar-refractivity contribution in [3.8, 4) is 0 Å². The Bertz CT molecular complexity index is 658. The minimum Gasteiger partial charge on any atom is -0.348 e. The molecule has 0 fully saturated rings. The van der Waals surface area contributed by atoms with E-state index in [4.69, 9.17) is 0 Å². The molecular weight excluding hydrogens is 264 g/mol. The molecule has 5 heteroatoms. The van der Waals surface area contributed by atoms with E-state index in [-0.39, 0.29) is 11.8 Å². The summed E-state index contributed by atoms with van der Waals surface area (Å²) in [4.78, 5) is 19.8. The summed E-state index contributed by atoms with van der Waals surface area (Å²) >= 11 is 0. The van der Waals surface area contributed by atoms with Crippen molar-refractivity contribution in [2.45, 2.75) is 26.7 Å². The van der Waals surface area contributed by atoms with Gasteiger partial charge in [0.05, 0.1) is 17.3 Å².